The lowest BCUT2D eigenvalue weighted by molar-refractivity contribution is -0.115. The van der Waals surface area contributed by atoms with Gasteiger partial charge in [0.1, 0.15) is 0 Å². The first-order valence-corrected chi connectivity index (χ1v) is 6.77. The molecule has 3 rings (SSSR count). The standard InChI is InChI=1S/C17H17NO/c19-17(12-13-6-2-1-3-7-13)18-16-11-5-9-14-8-4-10-15(14)16/h1-3,5-7,9,11H,4,8,10,12H2,(H,18,19). The first-order chi connectivity index (χ1) is 9.33. The van der Waals surface area contributed by atoms with Crippen molar-refractivity contribution in [2.24, 2.45) is 0 Å². The zero-order valence-electron chi connectivity index (χ0n) is 10.9. The number of carbonyl (C=O) groups excluding carboxylic acids is 1. The lowest BCUT2D eigenvalue weighted by atomic mass is 10.1. The fourth-order valence-electron chi connectivity index (χ4n) is 2.71. The fraction of sp³-hybridized carbons (Fsp3) is 0.235. The van der Waals surface area contributed by atoms with E-state index in [0.29, 0.717) is 6.42 Å². The maximum atomic E-state index is 12.1. The minimum atomic E-state index is 0.0616. The van der Waals surface area contributed by atoms with E-state index in [1.165, 1.54) is 17.5 Å². The molecule has 0 aliphatic heterocycles. The summed E-state index contributed by atoms with van der Waals surface area (Å²) < 4.78 is 0. The molecule has 2 nitrogen and oxygen atoms in total. The minimum absolute atomic E-state index is 0.0616. The zero-order chi connectivity index (χ0) is 13.1. The topological polar surface area (TPSA) is 29.1 Å². The molecule has 1 aliphatic rings. The number of fused-ring (bicyclic) bond motifs is 1. The third-order valence-electron chi connectivity index (χ3n) is 3.63. The quantitative estimate of drug-likeness (QED) is 0.890. The largest absolute Gasteiger partial charge is 0.326 e. The molecular formula is C17H17NO. The normalized spacial score (nSPS) is 13.1. The Morgan fingerprint density at radius 1 is 1.00 bits per heavy atom. The van der Waals surface area contributed by atoms with E-state index in [1.54, 1.807) is 0 Å². The third-order valence-corrected chi connectivity index (χ3v) is 3.63. The van der Waals surface area contributed by atoms with Crippen molar-refractivity contribution in [1.29, 1.82) is 0 Å². The Hall–Kier alpha value is -2.09. The van der Waals surface area contributed by atoms with Crippen LogP contribution in [0.2, 0.25) is 0 Å². The van der Waals surface area contributed by atoms with Gasteiger partial charge < -0.3 is 5.32 Å². The Morgan fingerprint density at radius 2 is 1.84 bits per heavy atom. The van der Waals surface area contributed by atoms with Crippen molar-refractivity contribution in [3.63, 3.8) is 0 Å². The second-order valence-electron chi connectivity index (χ2n) is 5.01. The number of anilines is 1. The van der Waals surface area contributed by atoms with E-state index in [9.17, 15) is 4.79 Å². The van der Waals surface area contributed by atoms with Crippen molar-refractivity contribution in [1.82, 2.24) is 0 Å². The molecule has 0 atom stereocenters. The molecule has 96 valence electrons. The molecule has 2 aromatic rings. The molecule has 0 bridgehead atoms. The van der Waals surface area contributed by atoms with Gasteiger partial charge in [-0.05, 0) is 42.0 Å². The number of hydrogen-bond acceptors (Lipinski definition) is 1. The molecule has 0 heterocycles. The van der Waals surface area contributed by atoms with Crippen LogP contribution in [0.4, 0.5) is 5.69 Å². The molecule has 0 radical (unpaired) electrons. The molecule has 0 spiro atoms. The Labute approximate surface area is 113 Å². The van der Waals surface area contributed by atoms with Crippen LogP contribution in [0.3, 0.4) is 0 Å². The first-order valence-electron chi connectivity index (χ1n) is 6.77. The molecule has 1 amide bonds. The highest BCUT2D eigenvalue weighted by atomic mass is 16.1. The summed E-state index contributed by atoms with van der Waals surface area (Å²) in [5.41, 5.74) is 4.75. The summed E-state index contributed by atoms with van der Waals surface area (Å²) in [6, 6.07) is 16.0. The van der Waals surface area contributed by atoms with Crippen molar-refractivity contribution in [3.05, 3.63) is 65.2 Å². The Balaban J connectivity index is 1.72. The molecule has 1 N–H and O–H groups in total. The predicted molar refractivity (Wildman–Crippen MR) is 77.2 cm³/mol. The van der Waals surface area contributed by atoms with Crippen LogP contribution in [0.1, 0.15) is 23.1 Å². The number of nitrogens with one attached hydrogen (secondary N) is 1. The summed E-state index contributed by atoms with van der Waals surface area (Å²) in [6.07, 6.45) is 3.85. The van der Waals surface area contributed by atoms with Crippen LogP contribution in [-0.2, 0) is 24.1 Å². The molecule has 0 fully saturated rings. The average Bonchev–Trinajstić information content (AvgIpc) is 2.89. The molecule has 0 unspecified atom stereocenters. The molecule has 0 aromatic heterocycles. The molecule has 0 saturated heterocycles. The Bertz CT molecular complexity index is 589. The fourth-order valence-corrected chi connectivity index (χ4v) is 2.71. The highest BCUT2D eigenvalue weighted by Crippen LogP contribution is 2.28. The highest BCUT2D eigenvalue weighted by molar-refractivity contribution is 5.93. The van der Waals surface area contributed by atoms with Crippen molar-refractivity contribution in [3.8, 4) is 0 Å². The summed E-state index contributed by atoms with van der Waals surface area (Å²) in [5, 5.41) is 3.05. The van der Waals surface area contributed by atoms with E-state index < -0.39 is 0 Å². The van der Waals surface area contributed by atoms with Crippen LogP contribution in [-0.4, -0.2) is 5.91 Å². The number of benzene rings is 2. The van der Waals surface area contributed by atoms with Gasteiger partial charge in [0.05, 0.1) is 6.42 Å². The molecule has 1 aliphatic carbocycles. The summed E-state index contributed by atoms with van der Waals surface area (Å²) in [4.78, 5) is 12.1. The van der Waals surface area contributed by atoms with E-state index in [0.717, 1.165) is 24.1 Å². The van der Waals surface area contributed by atoms with Gasteiger partial charge >= 0.3 is 0 Å². The van der Waals surface area contributed by atoms with Gasteiger partial charge in [-0.15, -0.1) is 0 Å². The lowest BCUT2D eigenvalue weighted by Gasteiger charge is -2.10. The maximum absolute atomic E-state index is 12.1. The number of amides is 1. The van der Waals surface area contributed by atoms with Crippen molar-refractivity contribution < 1.29 is 4.79 Å². The second-order valence-corrected chi connectivity index (χ2v) is 5.01. The molecule has 0 saturated carbocycles. The minimum Gasteiger partial charge on any atom is -0.326 e. The SMILES string of the molecule is O=C(Cc1ccccc1)Nc1cccc2c1CCC2. The number of carbonyl (C=O) groups is 1. The van der Waals surface area contributed by atoms with Gasteiger partial charge in [-0.1, -0.05) is 42.5 Å². The summed E-state index contributed by atoms with van der Waals surface area (Å²) in [7, 11) is 0. The van der Waals surface area contributed by atoms with Gasteiger partial charge in [0, 0.05) is 5.69 Å². The smallest absolute Gasteiger partial charge is 0.228 e. The monoisotopic (exact) mass is 251 g/mol. The van der Waals surface area contributed by atoms with Crippen LogP contribution >= 0.6 is 0 Å². The van der Waals surface area contributed by atoms with Crippen LogP contribution in [0.5, 0.6) is 0 Å². The number of aryl methyl sites for hydroxylation is 1. The van der Waals surface area contributed by atoms with Gasteiger partial charge in [-0.3, -0.25) is 4.79 Å². The van der Waals surface area contributed by atoms with Crippen LogP contribution in [0, 0.1) is 0 Å². The highest BCUT2D eigenvalue weighted by Gasteiger charge is 2.15. The van der Waals surface area contributed by atoms with Crippen LogP contribution in [0.15, 0.2) is 48.5 Å². The predicted octanol–water partition coefficient (Wildman–Crippen LogP) is 3.36. The van der Waals surface area contributed by atoms with Crippen LogP contribution < -0.4 is 5.32 Å². The van der Waals surface area contributed by atoms with E-state index in [4.69, 9.17) is 0 Å². The van der Waals surface area contributed by atoms with E-state index in [1.807, 2.05) is 42.5 Å². The van der Waals surface area contributed by atoms with Crippen LogP contribution in [0.25, 0.3) is 0 Å². The maximum Gasteiger partial charge on any atom is 0.228 e. The molecule has 19 heavy (non-hydrogen) atoms. The average molecular weight is 251 g/mol. The second kappa shape index (κ2) is 5.27. The van der Waals surface area contributed by atoms with E-state index in [2.05, 4.69) is 11.4 Å². The number of hydrogen-bond donors (Lipinski definition) is 1. The zero-order valence-corrected chi connectivity index (χ0v) is 10.9. The molecular weight excluding hydrogens is 234 g/mol. The van der Waals surface area contributed by atoms with Gasteiger partial charge in [0.15, 0.2) is 0 Å². The van der Waals surface area contributed by atoms with Crippen molar-refractivity contribution in [2.75, 3.05) is 5.32 Å². The first kappa shape index (κ1) is 12.0. The molecule has 2 heteroatoms. The third kappa shape index (κ3) is 2.68. The van der Waals surface area contributed by atoms with Gasteiger partial charge in [0.25, 0.3) is 0 Å². The van der Waals surface area contributed by atoms with Crippen molar-refractivity contribution >= 4 is 11.6 Å². The molecule has 2 aromatic carbocycles. The summed E-state index contributed by atoms with van der Waals surface area (Å²) in [5.74, 6) is 0.0616. The van der Waals surface area contributed by atoms with Gasteiger partial charge in [0.2, 0.25) is 5.91 Å². The van der Waals surface area contributed by atoms with E-state index >= 15 is 0 Å². The lowest BCUT2D eigenvalue weighted by Crippen LogP contribution is -2.15. The van der Waals surface area contributed by atoms with Gasteiger partial charge in [-0.25, -0.2) is 0 Å². The summed E-state index contributed by atoms with van der Waals surface area (Å²) >= 11 is 0. The van der Waals surface area contributed by atoms with Gasteiger partial charge in [-0.2, -0.15) is 0 Å². The Kier molecular flexibility index (Phi) is 3.32. The van der Waals surface area contributed by atoms with E-state index in [-0.39, 0.29) is 5.91 Å². The Morgan fingerprint density at radius 3 is 2.68 bits per heavy atom. The van der Waals surface area contributed by atoms with Crippen molar-refractivity contribution in [2.45, 2.75) is 25.7 Å². The number of rotatable bonds is 3. The summed E-state index contributed by atoms with van der Waals surface area (Å²) in [6.45, 7) is 0.